The molecule has 0 radical (unpaired) electrons. The van der Waals surface area contributed by atoms with Gasteiger partial charge in [0.25, 0.3) is 17.2 Å². The van der Waals surface area contributed by atoms with E-state index in [1.165, 1.54) is 30.3 Å². The highest BCUT2D eigenvalue weighted by Gasteiger charge is 2.12. The zero-order chi connectivity index (χ0) is 14.7. The van der Waals surface area contributed by atoms with Crippen LogP contribution >= 0.6 is 0 Å². The van der Waals surface area contributed by atoms with Crippen molar-refractivity contribution in [2.75, 3.05) is 5.32 Å². The second-order valence-electron chi connectivity index (χ2n) is 4.15. The smallest absolute Gasteiger partial charge is 0.271 e. The minimum atomic E-state index is -0.619. The van der Waals surface area contributed by atoms with E-state index in [-0.39, 0.29) is 16.9 Å². The molecule has 0 aliphatic heterocycles. The molecule has 2 aromatic rings. The first kappa shape index (κ1) is 13.5. The molecule has 7 nitrogen and oxygen atoms in total. The lowest BCUT2D eigenvalue weighted by atomic mass is 10.2. The van der Waals surface area contributed by atoms with Crippen molar-refractivity contribution < 1.29 is 9.72 Å². The molecule has 0 aliphatic carbocycles. The maximum Gasteiger partial charge on any atom is 0.271 e. The molecule has 0 unspecified atom stereocenters. The number of non-ortho nitro benzene ring substituents is 1. The molecule has 0 aliphatic rings. The summed E-state index contributed by atoms with van der Waals surface area (Å²) in [4.78, 5) is 36.1. The summed E-state index contributed by atoms with van der Waals surface area (Å²) in [7, 11) is 0. The molecule has 0 spiro atoms. The van der Waals surface area contributed by atoms with Crippen molar-refractivity contribution >= 4 is 17.3 Å². The summed E-state index contributed by atoms with van der Waals surface area (Å²) in [5.41, 5.74) is 0.196. The highest BCUT2D eigenvalue weighted by atomic mass is 16.6. The molecule has 0 bridgehead atoms. The standard InChI is InChI=1S/C13H11N3O4/c1-8-5-6-11(12(17)14-8)13(18)15-9-3-2-4-10(7-9)16(19)20/h2-7H,1H3,(H,14,17)(H,15,18). The van der Waals surface area contributed by atoms with Gasteiger partial charge in [0.2, 0.25) is 0 Å². The Morgan fingerprint density at radius 2 is 2.05 bits per heavy atom. The van der Waals surface area contributed by atoms with E-state index in [1.807, 2.05) is 0 Å². The number of benzene rings is 1. The van der Waals surface area contributed by atoms with Crippen molar-refractivity contribution in [3.05, 3.63) is 68.1 Å². The van der Waals surface area contributed by atoms with Crippen LogP contribution in [0.15, 0.2) is 41.2 Å². The molecule has 0 fully saturated rings. The van der Waals surface area contributed by atoms with Gasteiger partial charge in [-0.1, -0.05) is 6.07 Å². The summed E-state index contributed by atoms with van der Waals surface area (Å²) in [5, 5.41) is 13.1. The maximum atomic E-state index is 11.9. The first-order valence-electron chi connectivity index (χ1n) is 5.73. The minimum Gasteiger partial charge on any atom is -0.326 e. The van der Waals surface area contributed by atoms with E-state index in [4.69, 9.17) is 0 Å². The molecule has 0 saturated carbocycles. The Labute approximate surface area is 113 Å². The van der Waals surface area contributed by atoms with Gasteiger partial charge in [-0.05, 0) is 25.1 Å². The number of nitrogens with one attached hydrogen (secondary N) is 2. The molecule has 2 N–H and O–H groups in total. The van der Waals surface area contributed by atoms with Crippen molar-refractivity contribution in [2.24, 2.45) is 0 Å². The van der Waals surface area contributed by atoms with E-state index in [1.54, 1.807) is 13.0 Å². The lowest BCUT2D eigenvalue weighted by Gasteiger charge is -2.04. The minimum absolute atomic E-state index is 0.0536. The number of hydrogen-bond acceptors (Lipinski definition) is 4. The number of anilines is 1. The highest BCUT2D eigenvalue weighted by molar-refractivity contribution is 6.04. The molecule has 1 amide bonds. The number of aryl methyl sites for hydroxylation is 1. The van der Waals surface area contributed by atoms with Gasteiger partial charge in [-0.25, -0.2) is 0 Å². The van der Waals surface area contributed by atoms with Gasteiger partial charge in [-0.2, -0.15) is 0 Å². The van der Waals surface area contributed by atoms with E-state index in [2.05, 4.69) is 10.3 Å². The summed E-state index contributed by atoms with van der Waals surface area (Å²) in [6.07, 6.45) is 0. The Morgan fingerprint density at radius 1 is 1.30 bits per heavy atom. The van der Waals surface area contributed by atoms with Crippen molar-refractivity contribution in [2.45, 2.75) is 6.92 Å². The lowest BCUT2D eigenvalue weighted by Crippen LogP contribution is -2.23. The number of nitrogens with zero attached hydrogens (tertiary/aromatic N) is 1. The van der Waals surface area contributed by atoms with Crippen LogP contribution in [0.4, 0.5) is 11.4 Å². The molecule has 102 valence electrons. The number of H-pyrrole nitrogens is 1. The number of carbonyl (C=O) groups excluding carboxylic acids is 1. The summed E-state index contributed by atoms with van der Waals surface area (Å²) in [5.74, 6) is -0.619. The molecule has 7 heteroatoms. The van der Waals surface area contributed by atoms with Crippen LogP contribution in [-0.4, -0.2) is 15.8 Å². The van der Waals surface area contributed by atoms with Crippen LogP contribution < -0.4 is 10.9 Å². The van der Waals surface area contributed by atoms with Gasteiger partial charge in [-0.3, -0.25) is 19.7 Å². The molecule has 0 saturated heterocycles. The molecular weight excluding hydrogens is 262 g/mol. The molecule has 2 rings (SSSR count). The van der Waals surface area contributed by atoms with Gasteiger partial charge in [0.05, 0.1) is 4.92 Å². The zero-order valence-electron chi connectivity index (χ0n) is 10.5. The van der Waals surface area contributed by atoms with Crippen LogP contribution in [0.1, 0.15) is 16.1 Å². The van der Waals surface area contributed by atoms with Gasteiger partial charge in [-0.15, -0.1) is 0 Å². The van der Waals surface area contributed by atoms with E-state index in [9.17, 15) is 19.7 Å². The lowest BCUT2D eigenvalue weighted by molar-refractivity contribution is -0.384. The zero-order valence-corrected chi connectivity index (χ0v) is 10.5. The first-order chi connectivity index (χ1) is 9.47. The first-order valence-corrected chi connectivity index (χ1v) is 5.73. The van der Waals surface area contributed by atoms with Gasteiger partial charge in [0.15, 0.2) is 0 Å². The Bertz CT molecular complexity index is 736. The van der Waals surface area contributed by atoms with E-state index in [0.29, 0.717) is 5.69 Å². The fourth-order valence-electron chi connectivity index (χ4n) is 1.65. The molecule has 1 aromatic heterocycles. The number of nitro groups is 1. The fourth-order valence-corrected chi connectivity index (χ4v) is 1.65. The normalized spacial score (nSPS) is 10.1. The van der Waals surface area contributed by atoms with Gasteiger partial charge >= 0.3 is 0 Å². The number of rotatable bonds is 3. The third kappa shape index (κ3) is 2.89. The molecule has 0 atom stereocenters. The van der Waals surface area contributed by atoms with Crippen LogP contribution in [-0.2, 0) is 0 Å². The summed E-state index contributed by atoms with van der Waals surface area (Å²) in [6, 6.07) is 8.50. The predicted molar refractivity (Wildman–Crippen MR) is 72.8 cm³/mol. The number of aromatic nitrogens is 1. The fraction of sp³-hybridized carbons (Fsp3) is 0.0769. The van der Waals surface area contributed by atoms with Gasteiger partial charge in [0.1, 0.15) is 5.56 Å². The van der Waals surface area contributed by atoms with E-state index in [0.717, 1.165) is 0 Å². The Kier molecular flexibility index (Phi) is 3.60. The average Bonchev–Trinajstić information content (AvgIpc) is 2.38. The number of aromatic amines is 1. The third-order valence-corrected chi connectivity index (χ3v) is 2.61. The van der Waals surface area contributed by atoms with Crippen molar-refractivity contribution in [3.63, 3.8) is 0 Å². The Balaban J connectivity index is 2.25. The van der Waals surface area contributed by atoms with Crippen LogP contribution in [0.5, 0.6) is 0 Å². The summed E-state index contributed by atoms with van der Waals surface area (Å²) in [6.45, 7) is 1.70. The SMILES string of the molecule is Cc1ccc(C(=O)Nc2cccc([N+](=O)[O-])c2)c(=O)[nH]1. The molecular formula is C13H11N3O4. The van der Waals surface area contributed by atoms with Crippen molar-refractivity contribution in [3.8, 4) is 0 Å². The molecule has 1 heterocycles. The number of carbonyl (C=O) groups is 1. The summed E-state index contributed by atoms with van der Waals surface area (Å²) >= 11 is 0. The van der Waals surface area contributed by atoms with Crippen molar-refractivity contribution in [1.29, 1.82) is 0 Å². The average molecular weight is 273 g/mol. The monoisotopic (exact) mass is 273 g/mol. The van der Waals surface area contributed by atoms with Gasteiger partial charge in [0, 0.05) is 23.5 Å². The maximum absolute atomic E-state index is 11.9. The molecule has 1 aromatic carbocycles. The number of nitro benzene ring substituents is 1. The molecule has 20 heavy (non-hydrogen) atoms. The highest BCUT2D eigenvalue weighted by Crippen LogP contribution is 2.17. The van der Waals surface area contributed by atoms with E-state index < -0.39 is 16.4 Å². The van der Waals surface area contributed by atoms with Gasteiger partial charge < -0.3 is 10.3 Å². The third-order valence-electron chi connectivity index (χ3n) is 2.61. The van der Waals surface area contributed by atoms with E-state index >= 15 is 0 Å². The predicted octanol–water partition coefficient (Wildman–Crippen LogP) is 1.84. The van der Waals surface area contributed by atoms with Crippen LogP contribution in [0.3, 0.4) is 0 Å². The second-order valence-corrected chi connectivity index (χ2v) is 4.15. The second kappa shape index (κ2) is 5.35. The topological polar surface area (TPSA) is 105 Å². The van der Waals surface area contributed by atoms with Crippen molar-refractivity contribution in [1.82, 2.24) is 4.98 Å². The summed E-state index contributed by atoms with van der Waals surface area (Å²) < 4.78 is 0. The van der Waals surface area contributed by atoms with Crippen LogP contribution in [0, 0.1) is 17.0 Å². The quantitative estimate of drug-likeness (QED) is 0.657. The van der Waals surface area contributed by atoms with Crippen LogP contribution in [0.25, 0.3) is 0 Å². The number of pyridine rings is 1. The number of amides is 1. The van der Waals surface area contributed by atoms with Crippen LogP contribution in [0.2, 0.25) is 0 Å². The Morgan fingerprint density at radius 3 is 2.70 bits per heavy atom. The Hall–Kier alpha value is -2.96. The largest absolute Gasteiger partial charge is 0.326 e. The number of hydrogen-bond donors (Lipinski definition) is 2.